The molecule has 0 aromatic carbocycles. The lowest BCUT2D eigenvalue weighted by molar-refractivity contribution is 0.0877. The average molecular weight is 154 g/mol. The molecule has 0 amide bonds. The standard InChI is InChI=1S/C10H18O/c1-9(10(2)8-11-10)6-4-3-5-7-9/h3-8H2,1-2H3. The first-order valence-corrected chi connectivity index (χ1v) is 4.80. The molecular weight excluding hydrogens is 136 g/mol. The van der Waals surface area contributed by atoms with Crippen molar-refractivity contribution in [3.8, 4) is 0 Å². The van der Waals surface area contributed by atoms with Crippen LogP contribution in [-0.2, 0) is 4.74 Å². The zero-order chi connectivity index (χ0) is 7.95. The maximum atomic E-state index is 5.54. The van der Waals surface area contributed by atoms with E-state index in [0.29, 0.717) is 5.41 Å². The second kappa shape index (κ2) is 2.22. The lowest BCUT2D eigenvalue weighted by Gasteiger charge is -2.37. The van der Waals surface area contributed by atoms with Crippen molar-refractivity contribution in [3.05, 3.63) is 0 Å². The number of hydrogen-bond acceptors (Lipinski definition) is 1. The van der Waals surface area contributed by atoms with Crippen LogP contribution in [0.25, 0.3) is 0 Å². The first-order valence-electron chi connectivity index (χ1n) is 4.80. The summed E-state index contributed by atoms with van der Waals surface area (Å²) in [5.41, 5.74) is 0.763. The Kier molecular flexibility index (Phi) is 1.54. The summed E-state index contributed by atoms with van der Waals surface area (Å²) in [6.07, 6.45) is 7.02. The van der Waals surface area contributed by atoms with Gasteiger partial charge in [0, 0.05) is 0 Å². The second-order valence-corrected chi connectivity index (χ2v) is 4.64. The van der Waals surface area contributed by atoms with Gasteiger partial charge in [-0.15, -0.1) is 0 Å². The van der Waals surface area contributed by atoms with Crippen LogP contribution in [0.5, 0.6) is 0 Å². The number of epoxide rings is 1. The summed E-state index contributed by atoms with van der Waals surface area (Å²) in [7, 11) is 0. The smallest absolute Gasteiger partial charge is 0.0941 e. The highest BCUT2D eigenvalue weighted by Crippen LogP contribution is 2.52. The summed E-state index contributed by atoms with van der Waals surface area (Å²) in [5, 5.41) is 0. The van der Waals surface area contributed by atoms with Crippen molar-refractivity contribution in [2.24, 2.45) is 5.41 Å². The van der Waals surface area contributed by atoms with E-state index in [1.807, 2.05) is 0 Å². The van der Waals surface area contributed by atoms with Crippen molar-refractivity contribution in [1.29, 1.82) is 0 Å². The first-order chi connectivity index (χ1) is 5.16. The molecule has 1 aliphatic heterocycles. The van der Waals surface area contributed by atoms with E-state index in [1.165, 1.54) is 32.1 Å². The minimum atomic E-state index is 0.257. The molecule has 1 heteroatoms. The molecule has 11 heavy (non-hydrogen) atoms. The molecule has 0 bridgehead atoms. The number of rotatable bonds is 1. The third-order valence-electron chi connectivity index (χ3n) is 3.81. The fourth-order valence-corrected chi connectivity index (χ4v) is 2.32. The van der Waals surface area contributed by atoms with Crippen molar-refractivity contribution in [1.82, 2.24) is 0 Å². The third-order valence-corrected chi connectivity index (χ3v) is 3.81. The lowest BCUT2D eigenvalue weighted by atomic mass is 9.68. The zero-order valence-corrected chi connectivity index (χ0v) is 7.65. The second-order valence-electron chi connectivity index (χ2n) is 4.64. The monoisotopic (exact) mass is 154 g/mol. The highest BCUT2D eigenvalue weighted by molar-refractivity contribution is 5.03. The Morgan fingerprint density at radius 1 is 1.00 bits per heavy atom. The highest BCUT2D eigenvalue weighted by atomic mass is 16.6. The van der Waals surface area contributed by atoms with E-state index in [4.69, 9.17) is 4.74 Å². The van der Waals surface area contributed by atoms with E-state index in [-0.39, 0.29) is 5.60 Å². The van der Waals surface area contributed by atoms with Gasteiger partial charge in [0.25, 0.3) is 0 Å². The van der Waals surface area contributed by atoms with Crippen LogP contribution in [0.1, 0.15) is 46.0 Å². The van der Waals surface area contributed by atoms with E-state index >= 15 is 0 Å². The predicted octanol–water partition coefficient (Wildman–Crippen LogP) is 2.75. The summed E-state index contributed by atoms with van der Waals surface area (Å²) in [4.78, 5) is 0. The molecule has 0 aromatic heterocycles. The minimum absolute atomic E-state index is 0.257. The van der Waals surface area contributed by atoms with Gasteiger partial charge in [0.05, 0.1) is 12.2 Å². The maximum Gasteiger partial charge on any atom is 0.0941 e. The molecule has 1 nitrogen and oxygen atoms in total. The molecular formula is C10H18O. The fraction of sp³-hybridized carbons (Fsp3) is 1.00. The Morgan fingerprint density at radius 2 is 1.55 bits per heavy atom. The molecule has 2 fully saturated rings. The van der Waals surface area contributed by atoms with Gasteiger partial charge >= 0.3 is 0 Å². The molecule has 2 rings (SSSR count). The Hall–Kier alpha value is -0.0400. The Balaban J connectivity index is 2.07. The Morgan fingerprint density at radius 3 is 2.00 bits per heavy atom. The zero-order valence-electron chi connectivity index (χ0n) is 7.65. The van der Waals surface area contributed by atoms with E-state index in [2.05, 4.69) is 13.8 Å². The van der Waals surface area contributed by atoms with Crippen molar-refractivity contribution in [3.63, 3.8) is 0 Å². The van der Waals surface area contributed by atoms with Gasteiger partial charge in [-0.25, -0.2) is 0 Å². The molecule has 64 valence electrons. The van der Waals surface area contributed by atoms with Crippen molar-refractivity contribution < 1.29 is 4.74 Å². The van der Waals surface area contributed by atoms with Crippen molar-refractivity contribution >= 4 is 0 Å². The van der Waals surface area contributed by atoms with Gasteiger partial charge in [-0.05, 0) is 25.2 Å². The van der Waals surface area contributed by atoms with Crippen molar-refractivity contribution in [2.75, 3.05) is 6.61 Å². The predicted molar refractivity (Wildman–Crippen MR) is 45.5 cm³/mol. The van der Waals surface area contributed by atoms with Gasteiger partial charge in [0.15, 0.2) is 0 Å². The quantitative estimate of drug-likeness (QED) is 0.529. The SMILES string of the molecule is CC1(C2(C)CO2)CCCCC1. The molecule has 0 aromatic rings. The van der Waals surface area contributed by atoms with E-state index < -0.39 is 0 Å². The third kappa shape index (κ3) is 1.10. The van der Waals surface area contributed by atoms with Crippen LogP contribution in [-0.4, -0.2) is 12.2 Å². The molecule has 1 heterocycles. The number of ether oxygens (including phenoxy) is 1. The van der Waals surface area contributed by atoms with Crippen LogP contribution in [0.2, 0.25) is 0 Å². The molecule has 2 aliphatic rings. The summed E-state index contributed by atoms with van der Waals surface area (Å²) >= 11 is 0. The molecule has 0 radical (unpaired) electrons. The highest BCUT2D eigenvalue weighted by Gasteiger charge is 2.54. The molecule has 0 N–H and O–H groups in total. The topological polar surface area (TPSA) is 12.5 Å². The molecule has 1 saturated heterocycles. The summed E-state index contributed by atoms with van der Waals surface area (Å²) < 4.78 is 5.54. The Labute approximate surface area is 69.1 Å². The molecule has 0 spiro atoms. The Bertz CT molecular complexity index is 152. The van der Waals surface area contributed by atoms with Gasteiger partial charge in [-0.1, -0.05) is 26.2 Å². The first kappa shape index (κ1) is 7.60. The summed E-state index contributed by atoms with van der Waals surface area (Å²) in [6, 6.07) is 0. The van der Waals surface area contributed by atoms with Crippen molar-refractivity contribution in [2.45, 2.75) is 51.6 Å². The average Bonchev–Trinajstić information content (AvgIpc) is 2.71. The molecule has 1 saturated carbocycles. The van der Waals surface area contributed by atoms with Gasteiger partial charge in [-0.3, -0.25) is 0 Å². The molecule has 1 unspecified atom stereocenters. The van der Waals surface area contributed by atoms with E-state index in [0.717, 1.165) is 6.61 Å². The van der Waals surface area contributed by atoms with E-state index in [1.54, 1.807) is 0 Å². The van der Waals surface area contributed by atoms with Crippen LogP contribution in [0.15, 0.2) is 0 Å². The molecule has 1 aliphatic carbocycles. The van der Waals surface area contributed by atoms with Gasteiger partial charge in [0.2, 0.25) is 0 Å². The fourth-order valence-electron chi connectivity index (χ4n) is 2.32. The summed E-state index contributed by atoms with van der Waals surface area (Å²) in [5.74, 6) is 0. The van der Waals surface area contributed by atoms with Gasteiger partial charge in [0.1, 0.15) is 0 Å². The van der Waals surface area contributed by atoms with E-state index in [9.17, 15) is 0 Å². The lowest BCUT2D eigenvalue weighted by Crippen LogP contribution is -2.35. The van der Waals surface area contributed by atoms with Crippen LogP contribution in [0, 0.1) is 5.41 Å². The van der Waals surface area contributed by atoms with Crippen LogP contribution in [0.4, 0.5) is 0 Å². The number of hydrogen-bond donors (Lipinski definition) is 0. The van der Waals surface area contributed by atoms with Crippen LogP contribution in [0.3, 0.4) is 0 Å². The normalized spacial score (nSPS) is 42.0. The molecule has 1 atom stereocenters. The summed E-state index contributed by atoms with van der Waals surface area (Å²) in [6.45, 7) is 5.68. The maximum absolute atomic E-state index is 5.54. The van der Waals surface area contributed by atoms with Gasteiger partial charge < -0.3 is 4.74 Å². The largest absolute Gasteiger partial charge is 0.369 e. The van der Waals surface area contributed by atoms with Crippen LogP contribution >= 0.6 is 0 Å². The van der Waals surface area contributed by atoms with Crippen LogP contribution < -0.4 is 0 Å². The van der Waals surface area contributed by atoms with Gasteiger partial charge in [-0.2, -0.15) is 0 Å². The minimum Gasteiger partial charge on any atom is -0.369 e.